The van der Waals surface area contributed by atoms with Crippen LogP contribution in [-0.2, 0) is 51.4 Å². The van der Waals surface area contributed by atoms with E-state index in [2.05, 4.69) is 296 Å². The van der Waals surface area contributed by atoms with E-state index in [0.29, 0.717) is 0 Å². The number of halogens is 2. The van der Waals surface area contributed by atoms with Gasteiger partial charge in [-0.25, -0.2) is 0 Å². The van der Waals surface area contributed by atoms with Gasteiger partial charge in [0.2, 0.25) is 0 Å². The highest BCUT2D eigenvalue weighted by atomic mass is 79.9. The first-order valence-corrected chi connectivity index (χ1v) is 58.1. The van der Waals surface area contributed by atoms with Crippen LogP contribution in [0.25, 0.3) is 0 Å². The summed E-state index contributed by atoms with van der Waals surface area (Å²) in [6.45, 7) is 18.1. The average Bonchev–Trinajstić information content (AvgIpc) is 0.866. The fourth-order valence-electron chi connectivity index (χ4n) is 18.0. The molecular weight excluding hydrogens is 1880 g/mol. The van der Waals surface area contributed by atoms with Crippen molar-refractivity contribution >= 4 is 100 Å². The molecule has 0 aliphatic rings. The molecule has 0 radical (unpaired) electrons. The fourth-order valence-corrected chi connectivity index (χ4v) is 18.7. The van der Waals surface area contributed by atoms with Gasteiger partial charge in [-0.2, -0.15) is 0 Å². The molecule has 778 valence electrons. The molecule has 0 atom stereocenters. The molecule has 0 aromatic heterocycles. The lowest BCUT2D eigenvalue weighted by Gasteiger charge is -2.26. The molecule has 0 heterocycles. The summed E-state index contributed by atoms with van der Waals surface area (Å²) in [5.74, 6) is 0. The van der Waals surface area contributed by atoms with Crippen LogP contribution in [0.2, 0.25) is 0 Å². The molecule has 11 aromatic rings. The van der Waals surface area contributed by atoms with Gasteiger partial charge in [0, 0.05) is 84.4 Å². The molecule has 5 N–H and O–H groups in total. The van der Waals surface area contributed by atoms with E-state index in [-0.39, 0.29) is 16.3 Å². The zero-order chi connectivity index (χ0) is 102. The van der Waals surface area contributed by atoms with E-state index < -0.39 is 4.92 Å². The number of nitrogens with two attached hydrogens (primary N) is 2. The molecule has 0 fully saturated rings. The summed E-state index contributed by atoms with van der Waals surface area (Å²) in [5, 5.41) is 25.2. The van der Waals surface area contributed by atoms with Gasteiger partial charge in [-0.15, -0.1) is 0 Å². The van der Waals surface area contributed by atoms with Crippen LogP contribution in [0.4, 0.5) is 68.2 Å². The predicted molar refractivity (Wildman–Crippen MR) is 632 cm³/mol. The molecule has 13 heteroatoms. The molecule has 11 aromatic carbocycles. The van der Waals surface area contributed by atoms with Gasteiger partial charge in [-0.05, 0) is 275 Å². The Morgan fingerprint density at radius 1 is 0.217 bits per heavy atom. The van der Waals surface area contributed by atoms with Crippen LogP contribution in [-0.4, -0.2) is 9.85 Å². The summed E-state index contributed by atoms with van der Waals surface area (Å²) < 4.78 is 1.90. The van der Waals surface area contributed by atoms with Crippen molar-refractivity contribution in [1.82, 2.24) is 0 Å². The van der Waals surface area contributed by atoms with Crippen molar-refractivity contribution in [2.75, 3.05) is 26.6 Å². The van der Waals surface area contributed by atoms with Gasteiger partial charge in [-0.1, -0.05) is 459 Å². The topological polar surface area (TPSA) is 157 Å². The van der Waals surface area contributed by atoms with Crippen molar-refractivity contribution in [1.29, 1.82) is 0 Å². The maximum atomic E-state index is 11.5. The van der Waals surface area contributed by atoms with E-state index in [1.54, 1.807) is 30.3 Å². The SMILES string of the molecule is CCCCCCCCc1ccc(Br)cc1.CCCCCCCCc1ccc(N(c2ccc(CCCCCCCC)cc2)c2cccc(N)c2)cc1.CCCCCCCCc1ccc(N(c2ccc(CCCCCCCC)cc2)c2cccc([N+](=O)[O-])c2)cc1.CCCCCCCCc1ccc(N)cc1.CCCCCCCCc1ccc(Nc2ccc(CCCCCCCC)cc2)cc1.O=[N+]([O-])c1cccc(Br)c1. The maximum absolute atomic E-state index is 11.5. The van der Waals surface area contributed by atoms with Crippen LogP contribution in [0.1, 0.15) is 408 Å². The number of nitrogens with one attached hydrogen (secondary N) is 1. The second kappa shape index (κ2) is 79.5. The molecule has 0 amide bonds. The summed E-state index contributed by atoms with van der Waals surface area (Å²) in [4.78, 5) is 25.3. The second-order valence-electron chi connectivity index (χ2n) is 39.5. The first kappa shape index (κ1) is 122. The van der Waals surface area contributed by atoms with Crippen LogP contribution < -0.4 is 26.6 Å². The summed E-state index contributed by atoms with van der Waals surface area (Å²) in [7, 11) is 0. The van der Waals surface area contributed by atoms with Gasteiger partial charge < -0.3 is 26.6 Å². The van der Waals surface area contributed by atoms with Crippen molar-refractivity contribution in [2.45, 2.75) is 415 Å². The number of anilines is 10. The normalized spacial score (nSPS) is 10.8. The second-order valence-corrected chi connectivity index (χ2v) is 41.3. The Balaban J connectivity index is 0.000000277. The van der Waals surface area contributed by atoms with Gasteiger partial charge in [0.05, 0.1) is 15.5 Å². The number of unbranched alkanes of at least 4 members (excludes halogenated alkanes) is 40. The van der Waals surface area contributed by atoms with E-state index >= 15 is 0 Å². The molecule has 0 aliphatic carbocycles. The lowest BCUT2D eigenvalue weighted by Crippen LogP contribution is -2.10. The van der Waals surface area contributed by atoms with Crippen molar-refractivity contribution < 1.29 is 9.85 Å². The highest BCUT2D eigenvalue weighted by molar-refractivity contribution is 9.10. The van der Waals surface area contributed by atoms with Gasteiger partial charge in [0.15, 0.2) is 0 Å². The van der Waals surface area contributed by atoms with E-state index in [9.17, 15) is 20.2 Å². The smallest absolute Gasteiger partial charge is 0.271 e. The van der Waals surface area contributed by atoms with Gasteiger partial charge in [0.25, 0.3) is 11.4 Å². The number of nitrogen functional groups attached to an aromatic ring is 2. The van der Waals surface area contributed by atoms with Gasteiger partial charge in [-0.3, -0.25) is 20.2 Å². The van der Waals surface area contributed by atoms with E-state index in [0.717, 1.165) is 64.3 Å². The van der Waals surface area contributed by atoms with Crippen molar-refractivity contribution in [2.24, 2.45) is 0 Å². The van der Waals surface area contributed by atoms with E-state index in [4.69, 9.17) is 11.5 Å². The highest BCUT2D eigenvalue weighted by Crippen LogP contribution is 2.39. The minimum Gasteiger partial charge on any atom is -0.399 e. The third-order valence-corrected chi connectivity index (χ3v) is 27.9. The van der Waals surface area contributed by atoms with Crippen LogP contribution in [0.3, 0.4) is 0 Å². The summed E-state index contributed by atoms with van der Waals surface area (Å²) >= 11 is 6.58. The summed E-state index contributed by atoms with van der Waals surface area (Å²) in [5.41, 5.74) is 33.7. The lowest BCUT2D eigenvalue weighted by molar-refractivity contribution is -0.385. The zero-order valence-corrected chi connectivity index (χ0v) is 93.0. The Morgan fingerprint density at radius 3 is 0.664 bits per heavy atom. The Bertz CT molecular complexity index is 4740. The first-order chi connectivity index (χ1) is 70.0. The fraction of sp³-hybridized carbons (Fsp3) is 0.492. The number of rotatable bonds is 66. The van der Waals surface area contributed by atoms with E-state index in [1.807, 2.05) is 30.3 Å². The third kappa shape index (κ3) is 55.9. The van der Waals surface area contributed by atoms with Crippen LogP contribution in [0.5, 0.6) is 0 Å². The molecule has 0 unspecified atom stereocenters. The van der Waals surface area contributed by atoms with Crippen molar-refractivity contribution in [3.63, 3.8) is 0 Å². The Kier molecular flexibility index (Phi) is 67.7. The minimum absolute atomic E-state index is 0.104. The maximum Gasteiger partial charge on any atom is 0.271 e. The number of hydrogen-bond donors (Lipinski definition) is 3. The van der Waals surface area contributed by atoms with E-state index in [1.165, 1.54) is 418 Å². The summed E-state index contributed by atoms with van der Waals surface area (Å²) in [6.07, 6.45) is 73.9. The van der Waals surface area contributed by atoms with Crippen LogP contribution in [0, 0.1) is 20.2 Å². The Hall–Kier alpha value is -9.82. The third-order valence-electron chi connectivity index (χ3n) is 26.9. The molecule has 0 saturated heterocycles. The highest BCUT2D eigenvalue weighted by Gasteiger charge is 2.19. The molecule has 11 nitrogen and oxygen atoms in total. The molecule has 0 spiro atoms. The largest absolute Gasteiger partial charge is 0.399 e. The van der Waals surface area contributed by atoms with Gasteiger partial charge in [0.1, 0.15) is 0 Å². The number of benzene rings is 11. The number of aryl methyl sites for hydroxylation is 8. The molecule has 0 aliphatic heterocycles. The lowest BCUT2D eigenvalue weighted by atomic mass is 10.0. The van der Waals surface area contributed by atoms with Gasteiger partial charge >= 0.3 is 0 Å². The average molecular weight is 2070 g/mol. The zero-order valence-electron chi connectivity index (χ0n) is 89.8. The van der Waals surface area contributed by atoms with Crippen molar-refractivity contribution in [3.05, 3.63) is 341 Å². The number of nitro benzene ring substituents is 2. The Labute approximate surface area is 885 Å². The Morgan fingerprint density at radius 2 is 0.427 bits per heavy atom. The standard InChI is InChI=1S/C34H46N2O2.C34H48N2.C28H43N.C14H21Br.C14H23N.C6H4BrNO2/c1-3-5-7-9-11-13-16-29-20-24-31(25-21-29)35(33-18-15-19-34(28-33)36(37)38)32-26-22-30(23-27-32)17-14-12-10-8-6-4-2;1-3-5-7-9-11-13-16-29-20-24-32(25-21-29)36(34-19-15-18-31(35)28-34)33-26-22-30(23-27-33)17-14-12-10-8-6-4-2;1-3-5-7-9-11-13-15-25-17-21-27(22-18-25)29-28-23-19-26(20-24-28)16-14-12-10-8-6-4-2;2*1-2-3-4-5-6-7-8-13-9-11-14(15)12-10-13;7-5-2-1-3-6(4-5)8(9)10/h15,18-28H,3-14,16-17H2,1-2H3;15,18-28H,3-14,16-17,35H2,1-2H3;17-24,29H,3-16H2,1-2H3;9-12H,2-8H2,1H3;9-12H,2-8,15H2,1H3;1-4H. The van der Waals surface area contributed by atoms with Crippen LogP contribution in [0.15, 0.2) is 276 Å². The molecular formula is C130H185Br2N7O4. The number of non-ortho nitro benzene ring substituents is 2. The summed E-state index contributed by atoms with van der Waals surface area (Å²) in [6, 6.07) is 92.0. The number of hydrogen-bond acceptors (Lipinski definition) is 9. The first-order valence-electron chi connectivity index (χ1n) is 56.5. The molecule has 0 bridgehead atoms. The number of nitro groups is 2. The molecule has 11 rings (SSSR count). The molecule has 143 heavy (non-hydrogen) atoms. The predicted octanol–water partition coefficient (Wildman–Crippen LogP) is 42.5. The minimum atomic E-state index is -0.426. The number of nitrogens with zero attached hydrogens (tertiary/aromatic N) is 4. The van der Waals surface area contributed by atoms with Crippen molar-refractivity contribution in [3.8, 4) is 0 Å². The quantitative estimate of drug-likeness (QED) is 0.0146. The monoisotopic (exact) mass is 2070 g/mol. The molecule has 0 saturated carbocycles. The van der Waals surface area contributed by atoms with Crippen LogP contribution >= 0.6 is 31.9 Å².